The molecule has 0 unspecified atom stereocenters. The first-order valence-electron chi connectivity index (χ1n) is 7.12. The van der Waals surface area contributed by atoms with Crippen LogP contribution < -0.4 is 10.1 Å². The fraction of sp³-hybridized carbons (Fsp3) is 0.375. The second-order valence-corrected chi connectivity index (χ2v) is 4.64. The van der Waals surface area contributed by atoms with Crippen molar-refractivity contribution in [3.8, 4) is 5.75 Å². The third-order valence-corrected chi connectivity index (χ3v) is 2.78. The molecular formula is C16H19F2NO5. The predicted octanol–water partition coefficient (Wildman–Crippen LogP) is 2.00. The number of carbonyl (C=O) groups excluding carboxylic acids is 2. The number of alkyl halides is 2. The molecule has 0 radical (unpaired) electrons. The largest absolute Gasteiger partial charge is 0.449 e. The van der Waals surface area contributed by atoms with Crippen molar-refractivity contribution in [2.24, 2.45) is 0 Å². The Morgan fingerprint density at radius 1 is 1.25 bits per heavy atom. The average Bonchev–Trinajstić information content (AvgIpc) is 2.53. The van der Waals surface area contributed by atoms with Crippen molar-refractivity contribution >= 4 is 18.0 Å². The molecule has 1 rings (SSSR count). The average molecular weight is 343 g/mol. The molecule has 132 valence electrons. The number of hydrogen-bond donors (Lipinski definition) is 1. The van der Waals surface area contributed by atoms with Crippen molar-refractivity contribution in [2.75, 3.05) is 20.3 Å². The van der Waals surface area contributed by atoms with Gasteiger partial charge in [0.2, 0.25) is 0 Å². The lowest BCUT2D eigenvalue weighted by molar-refractivity contribution is -0.150. The van der Waals surface area contributed by atoms with Crippen LogP contribution in [0.15, 0.2) is 30.3 Å². The summed E-state index contributed by atoms with van der Waals surface area (Å²) in [6.07, 6.45) is 1.63. The van der Waals surface area contributed by atoms with E-state index in [9.17, 15) is 18.4 Å². The Bertz CT molecular complexity index is 560. The molecule has 0 saturated carbocycles. The van der Waals surface area contributed by atoms with Crippen LogP contribution in [0, 0.1) is 0 Å². The first-order chi connectivity index (χ1) is 11.4. The number of ether oxygens (including phenoxy) is 3. The van der Waals surface area contributed by atoms with E-state index in [0.717, 1.165) is 6.08 Å². The summed E-state index contributed by atoms with van der Waals surface area (Å²) in [5.74, 6) is -1.11. The SMILES string of the molecule is COCCNC(=O)[C@H](C)OC(=O)/C=C/c1ccc(OC(F)F)cc1. The number of carbonyl (C=O) groups is 2. The summed E-state index contributed by atoms with van der Waals surface area (Å²) in [7, 11) is 1.51. The normalized spacial score (nSPS) is 12.2. The number of rotatable bonds is 9. The predicted molar refractivity (Wildman–Crippen MR) is 82.5 cm³/mol. The van der Waals surface area contributed by atoms with Gasteiger partial charge >= 0.3 is 12.6 Å². The molecule has 24 heavy (non-hydrogen) atoms. The van der Waals surface area contributed by atoms with Crippen molar-refractivity contribution in [3.05, 3.63) is 35.9 Å². The fourth-order valence-corrected chi connectivity index (χ4v) is 1.61. The zero-order valence-corrected chi connectivity index (χ0v) is 13.3. The first-order valence-corrected chi connectivity index (χ1v) is 7.12. The lowest BCUT2D eigenvalue weighted by atomic mass is 10.2. The second kappa shape index (κ2) is 10.3. The Hall–Kier alpha value is -2.48. The summed E-state index contributed by atoms with van der Waals surface area (Å²) in [6, 6.07) is 5.71. The molecule has 1 N–H and O–H groups in total. The van der Waals surface area contributed by atoms with Crippen LogP contribution in [0.5, 0.6) is 5.75 Å². The van der Waals surface area contributed by atoms with Gasteiger partial charge in [-0.15, -0.1) is 0 Å². The van der Waals surface area contributed by atoms with Gasteiger partial charge in [-0.2, -0.15) is 8.78 Å². The van der Waals surface area contributed by atoms with Gasteiger partial charge in [-0.25, -0.2) is 4.79 Å². The molecule has 0 fully saturated rings. The van der Waals surface area contributed by atoms with Crippen LogP contribution >= 0.6 is 0 Å². The van der Waals surface area contributed by atoms with E-state index in [1.165, 1.54) is 44.4 Å². The molecule has 0 aliphatic carbocycles. The van der Waals surface area contributed by atoms with Gasteiger partial charge in [0.25, 0.3) is 5.91 Å². The van der Waals surface area contributed by atoms with Gasteiger partial charge < -0.3 is 19.5 Å². The van der Waals surface area contributed by atoms with E-state index in [1.54, 1.807) is 0 Å². The molecule has 0 aliphatic rings. The number of esters is 1. The van der Waals surface area contributed by atoms with E-state index in [0.29, 0.717) is 18.7 Å². The van der Waals surface area contributed by atoms with Crippen molar-refractivity contribution in [1.82, 2.24) is 5.32 Å². The lowest BCUT2D eigenvalue weighted by Gasteiger charge is -2.11. The number of halogens is 2. The van der Waals surface area contributed by atoms with Gasteiger partial charge in [0.1, 0.15) is 5.75 Å². The quantitative estimate of drug-likeness (QED) is 0.422. The second-order valence-electron chi connectivity index (χ2n) is 4.64. The fourth-order valence-electron chi connectivity index (χ4n) is 1.61. The van der Waals surface area contributed by atoms with Crippen LogP contribution in [0.4, 0.5) is 8.78 Å². The van der Waals surface area contributed by atoms with E-state index in [-0.39, 0.29) is 5.75 Å². The van der Waals surface area contributed by atoms with E-state index >= 15 is 0 Å². The summed E-state index contributed by atoms with van der Waals surface area (Å²) in [5.41, 5.74) is 0.589. The number of nitrogens with one attached hydrogen (secondary N) is 1. The Morgan fingerprint density at radius 3 is 2.50 bits per heavy atom. The number of benzene rings is 1. The summed E-state index contributed by atoms with van der Waals surface area (Å²) in [6.45, 7) is -0.764. The van der Waals surface area contributed by atoms with Gasteiger partial charge in [0, 0.05) is 19.7 Å². The van der Waals surface area contributed by atoms with Crippen LogP contribution in [0.2, 0.25) is 0 Å². The highest BCUT2D eigenvalue weighted by Crippen LogP contribution is 2.15. The topological polar surface area (TPSA) is 73.9 Å². The van der Waals surface area contributed by atoms with Crippen molar-refractivity contribution < 1.29 is 32.6 Å². The van der Waals surface area contributed by atoms with Crippen molar-refractivity contribution in [2.45, 2.75) is 19.6 Å². The molecule has 1 aromatic carbocycles. The molecule has 0 spiro atoms. The molecule has 0 heterocycles. The van der Waals surface area contributed by atoms with Gasteiger partial charge in [0.05, 0.1) is 6.61 Å². The number of hydrogen-bond acceptors (Lipinski definition) is 5. The number of amides is 1. The molecule has 1 aromatic rings. The highest BCUT2D eigenvalue weighted by Gasteiger charge is 2.15. The zero-order chi connectivity index (χ0) is 17.9. The van der Waals surface area contributed by atoms with Gasteiger partial charge in [0.15, 0.2) is 6.10 Å². The van der Waals surface area contributed by atoms with Crippen LogP contribution in [0.25, 0.3) is 6.08 Å². The maximum atomic E-state index is 12.0. The molecule has 6 nitrogen and oxygen atoms in total. The Labute approximate surface area is 138 Å². The van der Waals surface area contributed by atoms with E-state index in [2.05, 4.69) is 10.1 Å². The summed E-state index contributed by atoms with van der Waals surface area (Å²) in [5, 5.41) is 2.54. The molecule has 0 saturated heterocycles. The Morgan fingerprint density at radius 2 is 1.92 bits per heavy atom. The Kier molecular flexibility index (Phi) is 8.42. The standard InChI is InChI=1S/C16H19F2NO5/c1-11(15(21)19-9-10-22-2)23-14(20)8-5-12-3-6-13(7-4-12)24-16(17)18/h3-8,11,16H,9-10H2,1-2H3,(H,19,21)/b8-5+/t11-/m0/s1. The van der Waals surface area contributed by atoms with Gasteiger partial charge in [-0.3, -0.25) is 4.79 Å². The highest BCUT2D eigenvalue weighted by atomic mass is 19.3. The minimum Gasteiger partial charge on any atom is -0.449 e. The van der Waals surface area contributed by atoms with Crippen LogP contribution in [-0.2, 0) is 19.1 Å². The third kappa shape index (κ3) is 7.68. The van der Waals surface area contributed by atoms with Gasteiger partial charge in [-0.1, -0.05) is 12.1 Å². The molecule has 1 amide bonds. The molecular weight excluding hydrogens is 324 g/mol. The summed E-state index contributed by atoms with van der Waals surface area (Å²) < 4.78 is 38.0. The van der Waals surface area contributed by atoms with Crippen LogP contribution in [0.3, 0.4) is 0 Å². The van der Waals surface area contributed by atoms with E-state index in [4.69, 9.17) is 9.47 Å². The molecule has 8 heteroatoms. The lowest BCUT2D eigenvalue weighted by Crippen LogP contribution is -2.37. The first kappa shape index (κ1) is 19.6. The van der Waals surface area contributed by atoms with Crippen molar-refractivity contribution in [3.63, 3.8) is 0 Å². The van der Waals surface area contributed by atoms with E-state index in [1.807, 2.05) is 0 Å². The molecule has 1 atom stereocenters. The van der Waals surface area contributed by atoms with Gasteiger partial charge in [-0.05, 0) is 30.7 Å². The zero-order valence-electron chi connectivity index (χ0n) is 13.3. The maximum absolute atomic E-state index is 12.0. The highest BCUT2D eigenvalue weighted by molar-refractivity contribution is 5.90. The molecule has 0 aromatic heterocycles. The monoisotopic (exact) mass is 343 g/mol. The molecule has 0 aliphatic heterocycles. The summed E-state index contributed by atoms with van der Waals surface area (Å²) in [4.78, 5) is 23.2. The van der Waals surface area contributed by atoms with Crippen molar-refractivity contribution in [1.29, 1.82) is 0 Å². The van der Waals surface area contributed by atoms with Crippen LogP contribution in [0.1, 0.15) is 12.5 Å². The van der Waals surface area contributed by atoms with Crippen LogP contribution in [-0.4, -0.2) is 44.9 Å². The smallest absolute Gasteiger partial charge is 0.387 e. The minimum absolute atomic E-state index is 0.0195. The molecule has 0 bridgehead atoms. The number of methoxy groups -OCH3 is 1. The van der Waals surface area contributed by atoms with E-state index < -0.39 is 24.6 Å². The minimum atomic E-state index is -2.89. The summed E-state index contributed by atoms with van der Waals surface area (Å²) >= 11 is 0. The maximum Gasteiger partial charge on any atom is 0.387 e. The Balaban J connectivity index is 2.46. The third-order valence-electron chi connectivity index (χ3n) is 2.78.